The summed E-state index contributed by atoms with van der Waals surface area (Å²) < 4.78 is 5.49. The number of ether oxygens (including phenoxy) is 1. The molecule has 7 heteroatoms. The van der Waals surface area contributed by atoms with Crippen LogP contribution in [0.3, 0.4) is 0 Å². The molecular formula is C10H20Ac3O4. The average molecular weight is 885 g/mol. The first-order valence-corrected chi connectivity index (χ1v) is 4.95. The predicted molar refractivity (Wildman–Crippen MR) is 51.8 cm³/mol. The fraction of sp³-hybridized carbons (Fsp3) is 1.00. The summed E-state index contributed by atoms with van der Waals surface area (Å²) in [5.41, 5.74) is -0.255. The van der Waals surface area contributed by atoms with Gasteiger partial charge in [-0.25, -0.2) is 0 Å². The Labute approximate surface area is 211 Å². The molecule has 0 aliphatic carbocycles. The smallest absolute Gasteiger partial charge is 0.111 e. The first kappa shape index (κ1) is 26.1. The van der Waals surface area contributed by atoms with Gasteiger partial charge in [-0.05, 0) is 12.3 Å². The van der Waals surface area contributed by atoms with Crippen molar-refractivity contribution in [2.75, 3.05) is 0 Å². The van der Waals surface area contributed by atoms with E-state index in [2.05, 4.69) is 0 Å². The van der Waals surface area contributed by atoms with Crippen molar-refractivity contribution in [1.29, 1.82) is 0 Å². The van der Waals surface area contributed by atoms with Gasteiger partial charge < -0.3 is 20.1 Å². The zero-order valence-electron chi connectivity index (χ0n) is 10.9. The molecule has 1 aliphatic rings. The first-order valence-electron chi connectivity index (χ1n) is 4.95. The molecule has 0 spiro atoms. The molecule has 0 bridgehead atoms. The fourth-order valence-corrected chi connectivity index (χ4v) is 1.77. The number of rotatable bonds is 0. The van der Waals surface area contributed by atoms with Gasteiger partial charge in [-0.15, -0.1) is 0 Å². The van der Waals surface area contributed by atoms with E-state index in [9.17, 15) is 15.3 Å². The molecule has 1 fully saturated rings. The minimum absolute atomic E-state index is 0. The molecule has 4 nitrogen and oxygen atoms in total. The van der Waals surface area contributed by atoms with Gasteiger partial charge in [0.1, 0.15) is 18.3 Å². The van der Waals surface area contributed by atoms with E-state index >= 15 is 0 Å². The molecule has 1 heterocycles. The summed E-state index contributed by atoms with van der Waals surface area (Å²) >= 11 is 0. The fourth-order valence-electron chi connectivity index (χ4n) is 1.77. The quantitative estimate of drug-likeness (QED) is 0.319. The Hall–Kier alpha value is 4.16. The minimum Gasteiger partial charge on any atom is -0.388 e. The molecule has 1 saturated heterocycles. The second-order valence-corrected chi connectivity index (χ2v) is 5.10. The van der Waals surface area contributed by atoms with Gasteiger partial charge in [0.25, 0.3) is 0 Å². The third kappa shape index (κ3) is 7.31. The Bertz CT molecular complexity index is 210. The summed E-state index contributed by atoms with van der Waals surface area (Å²) in [7, 11) is 0. The number of aliphatic hydroxyl groups excluding tert-OH is 3. The molecule has 5 atom stereocenters. The predicted octanol–water partition coefficient (Wildman–Crippen LogP) is -0.0975. The first-order chi connectivity index (χ1) is 6.25. The van der Waals surface area contributed by atoms with Crippen LogP contribution >= 0.6 is 0 Å². The van der Waals surface area contributed by atoms with Crippen molar-refractivity contribution in [3.63, 3.8) is 0 Å². The van der Waals surface area contributed by atoms with Gasteiger partial charge in [0.2, 0.25) is 0 Å². The third-order valence-corrected chi connectivity index (χ3v) is 2.71. The maximum atomic E-state index is 9.73. The van der Waals surface area contributed by atoms with Crippen LogP contribution in [0.5, 0.6) is 0 Å². The van der Waals surface area contributed by atoms with Crippen molar-refractivity contribution in [2.24, 2.45) is 5.41 Å². The van der Waals surface area contributed by atoms with Gasteiger partial charge in [-0.3, -0.25) is 0 Å². The molecule has 93 valence electrons. The molecule has 1 aliphatic heterocycles. The van der Waals surface area contributed by atoms with E-state index < -0.39 is 30.5 Å². The van der Waals surface area contributed by atoms with Crippen LogP contribution in [-0.4, -0.2) is 45.8 Å². The monoisotopic (exact) mass is 885 g/mol. The summed E-state index contributed by atoms with van der Waals surface area (Å²) in [5.74, 6) is 0. The van der Waals surface area contributed by atoms with Crippen LogP contribution in [0, 0.1) is 138 Å². The molecule has 3 radical (unpaired) electrons. The van der Waals surface area contributed by atoms with Gasteiger partial charge >= 0.3 is 0 Å². The Morgan fingerprint density at radius 3 is 1.59 bits per heavy atom. The topological polar surface area (TPSA) is 69.9 Å². The molecule has 0 unspecified atom stereocenters. The van der Waals surface area contributed by atoms with Gasteiger partial charge in [-0.2, -0.15) is 0 Å². The Morgan fingerprint density at radius 2 is 1.24 bits per heavy atom. The van der Waals surface area contributed by atoms with Crippen LogP contribution in [0.2, 0.25) is 0 Å². The third-order valence-electron chi connectivity index (χ3n) is 2.71. The van der Waals surface area contributed by atoms with E-state index in [1.165, 1.54) is 0 Å². The van der Waals surface area contributed by atoms with Gasteiger partial charge in [0.05, 0.1) is 12.2 Å². The second-order valence-electron chi connectivity index (χ2n) is 5.10. The van der Waals surface area contributed by atoms with Gasteiger partial charge in [0, 0.05) is 132 Å². The zero-order valence-corrected chi connectivity index (χ0v) is 25.1. The maximum absolute atomic E-state index is 9.73. The molecule has 3 N–H and O–H groups in total. The van der Waals surface area contributed by atoms with Crippen molar-refractivity contribution >= 4 is 0 Å². The molecule has 17 heavy (non-hydrogen) atoms. The summed E-state index contributed by atoms with van der Waals surface area (Å²) in [5, 5.41) is 28.8. The van der Waals surface area contributed by atoms with Crippen molar-refractivity contribution in [3.05, 3.63) is 0 Å². The van der Waals surface area contributed by atoms with E-state index in [1.807, 2.05) is 20.8 Å². The van der Waals surface area contributed by atoms with Crippen molar-refractivity contribution < 1.29 is 152 Å². The van der Waals surface area contributed by atoms with Crippen LogP contribution in [0.15, 0.2) is 0 Å². The van der Waals surface area contributed by atoms with Gasteiger partial charge in [0.15, 0.2) is 0 Å². The van der Waals surface area contributed by atoms with E-state index in [-0.39, 0.29) is 138 Å². The number of hydrogen-bond acceptors (Lipinski definition) is 4. The normalized spacial score (nSPS) is 37.2. The second kappa shape index (κ2) is 10.8. The van der Waals surface area contributed by atoms with Crippen molar-refractivity contribution in [3.8, 4) is 0 Å². The van der Waals surface area contributed by atoms with Crippen LogP contribution in [0.1, 0.15) is 27.7 Å². The molecule has 0 aromatic heterocycles. The number of aliphatic hydroxyl groups is 3. The molecule has 1 rings (SSSR count). The molecular weight excluding hydrogens is 865 g/mol. The van der Waals surface area contributed by atoms with Crippen LogP contribution in [-0.2, 0) is 4.74 Å². The summed E-state index contributed by atoms with van der Waals surface area (Å²) in [4.78, 5) is 0. The standard InChI is InChI=1S/C10H20O4.3Ac/c1-5-6(11)7(12)8(13)9(14-5)10(2,3)4;;;/h5-9,11-13H,1-4H3;;;/t5-,6+,7+,8-,9-;;;/m1.../s1. The molecule has 0 aromatic carbocycles. The Balaban J connectivity index is -0.000000653. The Kier molecular flexibility index (Phi) is 16.6. The van der Waals surface area contributed by atoms with Gasteiger partial charge in [-0.1, -0.05) is 20.8 Å². The van der Waals surface area contributed by atoms with E-state index in [0.29, 0.717) is 0 Å². The summed E-state index contributed by atoms with van der Waals surface area (Å²) in [6.07, 6.45) is -4.05. The van der Waals surface area contributed by atoms with E-state index in [0.717, 1.165) is 0 Å². The maximum Gasteiger partial charge on any atom is 0.111 e. The number of hydrogen-bond donors (Lipinski definition) is 3. The van der Waals surface area contributed by atoms with Crippen LogP contribution in [0.4, 0.5) is 0 Å². The largest absolute Gasteiger partial charge is 0.388 e. The van der Waals surface area contributed by atoms with Crippen molar-refractivity contribution in [1.82, 2.24) is 0 Å². The Morgan fingerprint density at radius 1 is 0.824 bits per heavy atom. The van der Waals surface area contributed by atoms with E-state index in [1.54, 1.807) is 6.92 Å². The van der Waals surface area contributed by atoms with Crippen molar-refractivity contribution in [2.45, 2.75) is 58.2 Å². The minimum atomic E-state index is -1.12. The summed E-state index contributed by atoms with van der Waals surface area (Å²) in [6, 6.07) is 0. The zero-order chi connectivity index (χ0) is 11.1. The van der Waals surface area contributed by atoms with Crippen LogP contribution in [0.25, 0.3) is 0 Å². The SMILES string of the molecule is C[C@H]1O[C@@H](C(C)(C)C)[C@H](O)[C@@H](O)[C@H]1O.[Ac].[Ac].[Ac]. The average Bonchev–Trinajstić information content (AvgIpc) is 2.06. The molecule has 0 amide bonds. The van der Waals surface area contributed by atoms with Crippen LogP contribution < -0.4 is 0 Å². The molecule has 0 aromatic rings. The molecule has 0 saturated carbocycles. The van der Waals surface area contributed by atoms with E-state index in [4.69, 9.17) is 4.74 Å². The summed E-state index contributed by atoms with van der Waals surface area (Å²) in [6.45, 7) is 7.48.